The van der Waals surface area contributed by atoms with Crippen LogP contribution in [0.15, 0.2) is 0 Å². The summed E-state index contributed by atoms with van der Waals surface area (Å²) in [5, 5.41) is 5.68. The molecule has 0 bridgehead atoms. The first-order valence-corrected chi connectivity index (χ1v) is 6.58. The number of ether oxygens (including phenoxy) is 1. The normalized spacial score (nSPS) is 17.1. The minimum atomic E-state index is -0.696. The molecule has 0 radical (unpaired) electrons. The lowest BCUT2D eigenvalue weighted by Gasteiger charge is -2.25. The number of esters is 1. The largest absolute Gasteiger partial charge is 0.469 e. The Labute approximate surface area is 109 Å². The van der Waals surface area contributed by atoms with Gasteiger partial charge in [0.25, 0.3) is 0 Å². The third-order valence-corrected chi connectivity index (χ3v) is 3.37. The van der Waals surface area contributed by atoms with Crippen LogP contribution in [0, 0.1) is 5.41 Å². The lowest BCUT2D eigenvalue weighted by Crippen LogP contribution is -2.47. The van der Waals surface area contributed by atoms with Crippen LogP contribution in [-0.2, 0) is 9.53 Å². The maximum atomic E-state index is 11.7. The molecule has 5 nitrogen and oxygen atoms in total. The fraction of sp³-hybridized carbons (Fsp3) is 0.846. The van der Waals surface area contributed by atoms with Gasteiger partial charge < -0.3 is 15.4 Å². The Bertz CT molecular complexity index is 297. The van der Waals surface area contributed by atoms with Gasteiger partial charge in [0.1, 0.15) is 0 Å². The van der Waals surface area contributed by atoms with E-state index in [9.17, 15) is 9.59 Å². The molecule has 0 aromatic carbocycles. The van der Waals surface area contributed by atoms with Gasteiger partial charge in [-0.1, -0.05) is 19.3 Å². The minimum Gasteiger partial charge on any atom is -0.469 e. The van der Waals surface area contributed by atoms with Crippen molar-refractivity contribution < 1.29 is 14.3 Å². The van der Waals surface area contributed by atoms with E-state index in [0.29, 0.717) is 0 Å². The smallest absolute Gasteiger partial charge is 0.315 e. The van der Waals surface area contributed by atoms with Crippen molar-refractivity contribution in [2.45, 2.75) is 52.0 Å². The molecule has 1 saturated carbocycles. The average Bonchev–Trinajstić information content (AvgIpc) is 2.36. The van der Waals surface area contributed by atoms with E-state index < -0.39 is 5.41 Å². The Balaban J connectivity index is 2.29. The van der Waals surface area contributed by atoms with Gasteiger partial charge in [-0.15, -0.1) is 0 Å². The highest BCUT2D eigenvalue weighted by Gasteiger charge is 2.29. The zero-order chi connectivity index (χ0) is 13.6. The van der Waals surface area contributed by atoms with Gasteiger partial charge in [-0.05, 0) is 26.7 Å². The van der Waals surface area contributed by atoms with Gasteiger partial charge in [0.2, 0.25) is 0 Å². The highest BCUT2D eigenvalue weighted by molar-refractivity contribution is 5.78. The first kappa shape index (κ1) is 14.8. The number of carbonyl (C=O) groups is 2. The maximum Gasteiger partial charge on any atom is 0.315 e. The molecular weight excluding hydrogens is 232 g/mol. The molecule has 0 heterocycles. The topological polar surface area (TPSA) is 67.4 Å². The quantitative estimate of drug-likeness (QED) is 0.754. The molecule has 0 aliphatic heterocycles. The molecule has 0 saturated heterocycles. The van der Waals surface area contributed by atoms with Crippen LogP contribution >= 0.6 is 0 Å². The molecule has 0 aromatic rings. The van der Waals surface area contributed by atoms with E-state index >= 15 is 0 Å². The molecule has 104 valence electrons. The fourth-order valence-corrected chi connectivity index (χ4v) is 2.13. The third-order valence-electron chi connectivity index (χ3n) is 3.37. The number of rotatable bonds is 4. The second-order valence-corrected chi connectivity index (χ2v) is 5.54. The molecule has 1 rings (SSSR count). The molecule has 0 spiro atoms. The van der Waals surface area contributed by atoms with Gasteiger partial charge in [-0.25, -0.2) is 4.79 Å². The Morgan fingerprint density at radius 1 is 1.22 bits per heavy atom. The lowest BCUT2D eigenvalue weighted by atomic mass is 9.94. The van der Waals surface area contributed by atoms with Gasteiger partial charge in [-0.2, -0.15) is 0 Å². The summed E-state index contributed by atoms with van der Waals surface area (Å²) in [6.45, 7) is 3.78. The van der Waals surface area contributed by atoms with Crippen LogP contribution in [0.5, 0.6) is 0 Å². The summed E-state index contributed by atoms with van der Waals surface area (Å²) >= 11 is 0. The number of hydrogen-bond acceptors (Lipinski definition) is 3. The van der Waals surface area contributed by atoms with Crippen molar-refractivity contribution in [3.63, 3.8) is 0 Å². The number of amides is 2. The maximum absolute atomic E-state index is 11.7. The predicted molar refractivity (Wildman–Crippen MR) is 69.2 cm³/mol. The second kappa shape index (κ2) is 6.61. The van der Waals surface area contributed by atoms with Gasteiger partial charge in [-0.3, -0.25) is 4.79 Å². The van der Waals surface area contributed by atoms with Crippen LogP contribution in [0.4, 0.5) is 4.79 Å². The summed E-state index contributed by atoms with van der Waals surface area (Å²) in [5.41, 5.74) is -0.696. The summed E-state index contributed by atoms with van der Waals surface area (Å²) in [5.74, 6) is -0.319. The van der Waals surface area contributed by atoms with Crippen molar-refractivity contribution in [3.05, 3.63) is 0 Å². The van der Waals surface area contributed by atoms with Crippen molar-refractivity contribution in [1.82, 2.24) is 10.6 Å². The standard InChI is InChI=1S/C13H24N2O3/c1-13(2,11(16)18-3)9-14-12(17)15-10-7-5-4-6-8-10/h10H,4-9H2,1-3H3,(H2,14,15,17). The van der Waals surface area contributed by atoms with Crippen molar-refractivity contribution in [2.75, 3.05) is 13.7 Å². The molecule has 2 amide bonds. The molecule has 0 unspecified atom stereocenters. The van der Waals surface area contributed by atoms with Crippen molar-refractivity contribution in [3.8, 4) is 0 Å². The van der Waals surface area contributed by atoms with Crippen LogP contribution in [-0.4, -0.2) is 31.7 Å². The van der Waals surface area contributed by atoms with E-state index in [1.807, 2.05) is 0 Å². The lowest BCUT2D eigenvalue weighted by molar-refractivity contribution is -0.150. The monoisotopic (exact) mass is 256 g/mol. The van der Waals surface area contributed by atoms with Crippen LogP contribution in [0.1, 0.15) is 46.0 Å². The molecule has 1 aliphatic rings. The molecular formula is C13H24N2O3. The molecule has 0 aromatic heterocycles. The predicted octanol–water partition coefficient (Wildman–Crippen LogP) is 1.82. The molecule has 2 N–H and O–H groups in total. The molecule has 1 fully saturated rings. The SMILES string of the molecule is COC(=O)C(C)(C)CNC(=O)NC1CCCCC1. The highest BCUT2D eigenvalue weighted by atomic mass is 16.5. The number of urea groups is 1. The average molecular weight is 256 g/mol. The minimum absolute atomic E-state index is 0.195. The van der Waals surface area contributed by atoms with Crippen LogP contribution in [0.25, 0.3) is 0 Å². The van der Waals surface area contributed by atoms with E-state index in [-0.39, 0.29) is 24.6 Å². The highest BCUT2D eigenvalue weighted by Crippen LogP contribution is 2.18. The van der Waals surface area contributed by atoms with E-state index in [0.717, 1.165) is 12.8 Å². The van der Waals surface area contributed by atoms with Crippen molar-refractivity contribution >= 4 is 12.0 Å². The van der Waals surface area contributed by atoms with E-state index in [4.69, 9.17) is 0 Å². The van der Waals surface area contributed by atoms with E-state index in [2.05, 4.69) is 15.4 Å². The van der Waals surface area contributed by atoms with Crippen LogP contribution < -0.4 is 10.6 Å². The van der Waals surface area contributed by atoms with Gasteiger partial charge in [0.05, 0.1) is 12.5 Å². The van der Waals surface area contributed by atoms with Crippen molar-refractivity contribution in [2.24, 2.45) is 5.41 Å². The third kappa shape index (κ3) is 4.55. The molecule has 0 atom stereocenters. The first-order chi connectivity index (χ1) is 8.45. The summed E-state index contributed by atoms with van der Waals surface area (Å²) in [6.07, 6.45) is 5.72. The van der Waals surface area contributed by atoms with Crippen LogP contribution in [0.2, 0.25) is 0 Å². The molecule has 1 aliphatic carbocycles. The summed E-state index contributed by atoms with van der Waals surface area (Å²) in [6, 6.07) is 0.0823. The van der Waals surface area contributed by atoms with E-state index in [1.54, 1.807) is 13.8 Å². The Hall–Kier alpha value is -1.26. The number of methoxy groups -OCH3 is 1. The Morgan fingerprint density at radius 2 is 1.83 bits per heavy atom. The number of carbonyl (C=O) groups excluding carboxylic acids is 2. The number of hydrogen-bond donors (Lipinski definition) is 2. The summed E-state index contributed by atoms with van der Waals surface area (Å²) in [7, 11) is 1.35. The van der Waals surface area contributed by atoms with Gasteiger partial charge in [0, 0.05) is 12.6 Å². The zero-order valence-electron chi connectivity index (χ0n) is 11.5. The first-order valence-electron chi connectivity index (χ1n) is 6.58. The fourth-order valence-electron chi connectivity index (χ4n) is 2.13. The second-order valence-electron chi connectivity index (χ2n) is 5.54. The van der Waals surface area contributed by atoms with Crippen LogP contribution in [0.3, 0.4) is 0 Å². The molecule has 18 heavy (non-hydrogen) atoms. The zero-order valence-corrected chi connectivity index (χ0v) is 11.5. The van der Waals surface area contributed by atoms with Gasteiger partial charge in [0.15, 0.2) is 0 Å². The number of nitrogens with one attached hydrogen (secondary N) is 2. The Morgan fingerprint density at radius 3 is 2.39 bits per heavy atom. The Kier molecular flexibility index (Phi) is 5.44. The van der Waals surface area contributed by atoms with Gasteiger partial charge >= 0.3 is 12.0 Å². The summed E-state index contributed by atoms with van der Waals surface area (Å²) in [4.78, 5) is 23.1. The van der Waals surface area contributed by atoms with Crippen molar-refractivity contribution in [1.29, 1.82) is 0 Å². The van der Waals surface area contributed by atoms with E-state index in [1.165, 1.54) is 26.4 Å². The molecule has 5 heteroatoms. The summed E-state index contributed by atoms with van der Waals surface area (Å²) < 4.78 is 4.69.